The molecule has 1 atom stereocenters. The van der Waals surface area contributed by atoms with Gasteiger partial charge in [0.05, 0.1) is 11.7 Å². The summed E-state index contributed by atoms with van der Waals surface area (Å²) in [5.74, 6) is 0.340. The van der Waals surface area contributed by atoms with Gasteiger partial charge in [-0.05, 0) is 43.7 Å². The molecule has 0 aliphatic carbocycles. The molecule has 0 heterocycles. The lowest BCUT2D eigenvalue weighted by Gasteiger charge is -2.15. The van der Waals surface area contributed by atoms with E-state index in [0.29, 0.717) is 16.5 Å². The second-order valence-corrected chi connectivity index (χ2v) is 4.78. The Balaban J connectivity index is 2.44. The Bertz CT molecular complexity index is 597. The van der Waals surface area contributed by atoms with E-state index in [1.807, 2.05) is 13.0 Å². The molecule has 4 heteroatoms. The SMILES string of the molecule is Cc1ccc(Cl)cc1Oc1cccc(F)c1[C@@H](C)O. The minimum Gasteiger partial charge on any atom is -0.457 e. The molecule has 2 aromatic carbocycles. The average Bonchev–Trinajstić information content (AvgIpc) is 2.33. The summed E-state index contributed by atoms with van der Waals surface area (Å²) < 4.78 is 19.4. The first-order chi connectivity index (χ1) is 8.99. The third-order valence-corrected chi connectivity index (χ3v) is 3.04. The van der Waals surface area contributed by atoms with Gasteiger partial charge in [-0.1, -0.05) is 23.7 Å². The molecule has 0 saturated heterocycles. The van der Waals surface area contributed by atoms with Gasteiger partial charge in [-0.25, -0.2) is 4.39 Å². The predicted molar refractivity (Wildman–Crippen MR) is 73.3 cm³/mol. The van der Waals surface area contributed by atoms with Gasteiger partial charge in [0.25, 0.3) is 0 Å². The highest BCUT2D eigenvalue weighted by molar-refractivity contribution is 6.30. The monoisotopic (exact) mass is 280 g/mol. The zero-order valence-corrected chi connectivity index (χ0v) is 11.4. The van der Waals surface area contributed by atoms with Crippen LogP contribution in [0.2, 0.25) is 5.02 Å². The molecule has 0 aliphatic heterocycles. The normalized spacial score (nSPS) is 12.3. The van der Waals surface area contributed by atoms with Gasteiger partial charge in [0, 0.05) is 5.02 Å². The number of hydrogen-bond donors (Lipinski definition) is 1. The van der Waals surface area contributed by atoms with E-state index in [9.17, 15) is 9.50 Å². The Labute approximate surface area is 116 Å². The van der Waals surface area contributed by atoms with Crippen molar-refractivity contribution in [1.82, 2.24) is 0 Å². The average molecular weight is 281 g/mol. The maximum atomic E-state index is 13.7. The number of aryl methyl sites for hydroxylation is 1. The Morgan fingerprint density at radius 2 is 1.95 bits per heavy atom. The van der Waals surface area contributed by atoms with Gasteiger partial charge >= 0.3 is 0 Å². The van der Waals surface area contributed by atoms with Crippen LogP contribution in [-0.4, -0.2) is 5.11 Å². The highest BCUT2D eigenvalue weighted by Gasteiger charge is 2.15. The summed E-state index contributed by atoms with van der Waals surface area (Å²) in [5, 5.41) is 10.2. The molecule has 0 bridgehead atoms. The molecular formula is C15H14ClFO2. The van der Waals surface area contributed by atoms with Gasteiger partial charge in [0.15, 0.2) is 0 Å². The number of halogens is 2. The van der Waals surface area contributed by atoms with Gasteiger partial charge in [-0.15, -0.1) is 0 Å². The van der Waals surface area contributed by atoms with E-state index in [4.69, 9.17) is 16.3 Å². The molecule has 2 aromatic rings. The zero-order chi connectivity index (χ0) is 14.0. The largest absolute Gasteiger partial charge is 0.457 e. The standard InChI is InChI=1S/C15H14ClFO2/c1-9-6-7-11(16)8-14(9)19-13-5-3-4-12(17)15(13)10(2)18/h3-8,10,18H,1-2H3/t10-/m1/s1. The van der Waals surface area contributed by atoms with Gasteiger partial charge in [-0.2, -0.15) is 0 Å². The second kappa shape index (κ2) is 5.59. The highest BCUT2D eigenvalue weighted by atomic mass is 35.5. The minimum absolute atomic E-state index is 0.141. The molecule has 0 saturated carbocycles. The van der Waals surface area contributed by atoms with Crippen molar-refractivity contribution in [2.45, 2.75) is 20.0 Å². The molecule has 0 radical (unpaired) electrons. The van der Waals surface area contributed by atoms with E-state index in [-0.39, 0.29) is 5.56 Å². The topological polar surface area (TPSA) is 29.5 Å². The molecule has 0 aromatic heterocycles. The molecule has 1 N–H and O–H groups in total. The van der Waals surface area contributed by atoms with Crippen LogP contribution in [0.3, 0.4) is 0 Å². The Morgan fingerprint density at radius 3 is 2.63 bits per heavy atom. The molecule has 0 spiro atoms. The van der Waals surface area contributed by atoms with Crippen LogP contribution >= 0.6 is 11.6 Å². The summed E-state index contributed by atoms with van der Waals surface area (Å²) in [5.41, 5.74) is 1.02. The van der Waals surface area contributed by atoms with Crippen molar-refractivity contribution in [2.75, 3.05) is 0 Å². The fraction of sp³-hybridized carbons (Fsp3) is 0.200. The molecule has 0 amide bonds. The molecule has 0 fully saturated rings. The van der Waals surface area contributed by atoms with Crippen LogP contribution in [0.1, 0.15) is 24.2 Å². The van der Waals surface area contributed by atoms with Crippen molar-refractivity contribution in [1.29, 1.82) is 0 Å². The van der Waals surface area contributed by atoms with Crippen molar-refractivity contribution in [3.05, 3.63) is 58.4 Å². The van der Waals surface area contributed by atoms with E-state index < -0.39 is 11.9 Å². The lowest BCUT2D eigenvalue weighted by atomic mass is 10.1. The quantitative estimate of drug-likeness (QED) is 0.888. The van der Waals surface area contributed by atoms with Crippen molar-refractivity contribution in [3.63, 3.8) is 0 Å². The van der Waals surface area contributed by atoms with Crippen LogP contribution in [0.5, 0.6) is 11.5 Å². The van der Waals surface area contributed by atoms with Crippen molar-refractivity contribution in [2.24, 2.45) is 0 Å². The lowest BCUT2D eigenvalue weighted by Crippen LogP contribution is -2.00. The molecule has 100 valence electrons. The Hall–Kier alpha value is -1.58. The maximum Gasteiger partial charge on any atom is 0.136 e. The van der Waals surface area contributed by atoms with E-state index in [0.717, 1.165) is 5.56 Å². The minimum atomic E-state index is -0.948. The Kier molecular flexibility index (Phi) is 4.08. The molecule has 2 nitrogen and oxygen atoms in total. The van der Waals surface area contributed by atoms with Crippen molar-refractivity contribution in [3.8, 4) is 11.5 Å². The zero-order valence-electron chi connectivity index (χ0n) is 10.7. The molecule has 2 rings (SSSR count). The summed E-state index contributed by atoms with van der Waals surface area (Å²) in [6.45, 7) is 3.36. The first-order valence-electron chi connectivity index (χ1n) is 5.89. The molecule has 0 aliphatic rings. The predicted octanol–water partition coefficient (Wildman–Crippen LogP) is 4.63. The summed E-state index contributed by atoms with van der Waals surface area (Å²) in [6.07, 6.45) is -0.948. The number of benzene rings is 2. The van der Waals surface area contributed by atoms with Gasteiger partial charge < -0.3 is 9.84 Å². The number of hydrogen-bond acceptors (Lipinski definition) is 2. The summed E-state index contributed by atoms with van der Waals surface area (Å²) in [6, 6.07) is 9.68. The summed E-state index contributed by atoms with van der Waals surface area (Å²) >= 11 is 5.91. The van der Waals surface area contributed by atoms with Crippen LogP contribution in [0.25, 0.3) is 0 Å². The molecule has 0 unspecified atom stereocenters. The first-order valence-corrected chi connectivity index (χ1v) is 6.27. The summed E-state index contributed by atoms with van der Waals surface area (Å²) in [7, 11) is 0. The van der Waals surface area contributed by atoms with E-state index in [2.05, 4.69) is 0 Å². The van der Waals surface area contributed by atoms with E-state index in [1.54, 1.807) is 18.2 Å². The van der Waals surface area contributed by atoms with Gasteiger partial charge in [0.1, 0.15) is 17.3 Å². The van der Waals surface area contributed by atoms with Crippen molar-refractivity contribution < 1.29 is 14.2 Å². The van der Waals surface area contributed by atoms with Gasteiger partial charge in [0.2, 0.25) is 0 Å². The fourth-order valence-corrected chi connectivity index (χ4v) is 1.98. The number of aliphatic hydroxyl groups is 1. The highest BCUT2D eigenvalue weighted by Crippen LogP contribution is 2.34. The lowest BCUT2D eigenvalue weighted by molar-refractivity contribution is 0.190. The summed E-state index contributed by atoms with van der Waals surface area (Å²) in [4.78, 5) is 0. The number of aliphatic hydroxyl groups excluding tert-OH is 1. The van der Waals surface area contributed by atoms with E-state index in [1.165, 1.54) is 19.1 Å². The van der Waals surface area contributed by atoms with Crippen LogP contribution in [0, 0.1) is 12.7 Å². The Morgan fingerprint density at radius 1 is 1.21 bits per heavy atom. The first kappa shape index (κ1) is 13.8. The number of rotatable bonds is 3. The second-order valence-electron chi connectivity index (χ2n) is 4.34. The van der Waals surface area contributed by atoms with Crippen LogP contribution in [0.15, 0.2) is 36.4 Å². The molecular weight excluding hydrogens is 267 g/mol. The van der Waals surface area contributed by atoms with E-state index >= 15 is 0 Å². The van der Waals surface area contributed by atoms with Gasteiger partial charge in [-0.3, -0.25) is 0 Å². The van der Waals surface area contributed by atoms with Crippen LogP contribution in [-0.2, 0) is 0 Å². The van der Waals surface area contributed by atoms with Crippen molar-refractivity contribution >= 4 is 11.6 Å². The fourth-order valence-electron chi connectivity index (χ4n) is 1.81. The third-order valence-electron chi connectivity index (χ3n) is 2.80. The smallest absolute Gasteiger partial charge is 0.136 e. The third kappa shape index (κ3) is 3.06. The molecule has 19 heavy (non-hydrogen) atoms. The number of ether oxygens (including phenoxy) is 1. The maximum absolute atomic E-state index is 13.7. The van der Waals surface area contributed by atoms with Crippen LogP contribution < -0.4 is 4.74 Å². The van der Waals surface area contributed by atoms with Crippen LogP contribution in [0.4, 0.5) is 4.39 Å².